The maximum atomic E-state index is 12.1. The Hall–Kier alpha value is -1.57. The lowest BCUT2D eigenvalue weighted by Crippen LogP contribution is -2.41. The molecule has 2 aliphatic carbocycles. The average molecular weight is 289 g/mol. The molecular formula is C11H15NO6S. The Balaban J connectivity index is 2.21. The molecule has 2 aliphatic rings. The zero-order valence-electron chi connectivity index (χ0n) is 10.2. The van der Waals surface area contributed by atoms with Crippen molar-refractivity contribution in [2.75, 3.05) is 6.54 Å². The second-order valence-corrected chi connectivity index (χ2v) is 7.03. The van der Waals surface area contributed by atoms with E-state index in [0.717, 1.165) is 12.8 Å². The van der Waals surface area contributed by atoms with Crippen molar-refractivity contribution in [3.63, 3.8) is 0 Å². The van der Waals surface area contributed by atoms with Crippen molar-refractivity contribution < 1.29 is 28.2 Å². The van der Waals surface area contributed by atoms with E-state index in [0.29, 0.717) is 23.2 Å². The van der Waals surface area contributed by atoms with Gasteiger partial charge in [-0.3, -0.25) is 4.79 Å². The predicted octanol–water partition coefficient (Wildman–Crippen LogP) is 0.244. The minimum atomic E-state index is -3.77. The first-order chi connectivity index (χ1) is 8.82. The molecule has 7 nitrogen and oxygen atoms in total. The van der Waals surface area contributed by atoms with Crippen molar-refractivity contribution in [2.45, 2.75) is 30.9 Å². The van der Waals surface area contributed by atoms with E-state index in [4.69, 9.17) is 5.11 Å². The van der Waals surface area contributed by atoms with Crippen molar-refractivity contribution in [3.8, 4) is 0 Å². The van der Waals surface area contributed by atoms with Gasteiger partial charge in [0.1, 0.15) is 0 Å². The van der Waals surface area contributed by atoms with E-state index in [1.165, 1.54) is 0 Å². The molecule has 2 rings (SSSR count). The van der Waals surface area contributed by atoms with Gasteiger partial charge in [0, 0.05) is 6.54 Å². The minimum absolute atomic E-state index is 0.0230. The number of aliphatic hydroxyl groups excluding tert-OH is 1. The Bertz CT molecular complexity index is 529. The summed E-state index contributed by atoms with van der Waals surface area (Å²) in [5.41, 5.74) is 0. The second kappa shape index (κ2) is 4.84. The van der Waals surface area contributed by atoms with Crippen LogP contribution in [0.2, 0.25) is 0 Å². The Labute approximate surface area is 110 Å². The zero-order chi connectivity index (χ0) is 14.2. The Kier molecular flexibility index (Phi) is 3.53. The van der Waals surface area contributed by atoms with Crippen molar-refractivity contribution in [1.29, 1.82) is 0 Å². The molecule has 0 atom stereocenters. The van der Waals surface area contributed by atoms with Gasteiger partial charge in [-0.15, -0.1) is 0 Å². The summed E-state index contributed by atoms with van der Waals surface area (Å²) in [6, 6.07) is 0. The van der Waals surface area contributed by atoms with Gasteiger partial charge < -0.3 is 10.2 Å². The number of hydrogen-bond donors (Lipinski definition) is 2. The molecule has 2 N–H and O–H groups in total. The second-order valence-electron chi connectivity index (χ2n) is 4.89. The first-order valence-electron chi connectivity index (χ1n) is 6.02. The normalized spacial score (nSPS) is 20.1. The lowest BCUT2D eigenvalue weighted by atomic mass is 10.3. The molecule has 0 aromatic carbocycles. The van der Waals surface area contributed by atoms with Crippen LogP contribution in [0.25, 0.3) is 0 Å². The summed E-state index contributed by atoms with van der Waals surface area (Å²) in [6.07, 6.45) is 2.99. The van der Waals surface area contributed by atoms with E-state index in [9.17, 15) is 23.1 Å². The molecule has 2 saturated carbocycles. The van der Waals surface area contributed by atoms with Crippen LogP contribution in [0.5, 0.6) is 0 Å². The van der Waals surface area contributed by atoms with E-state index in [1.54, 1.807) is 0 Å². The molecule has 0 heterocycles. The summed E-state index contributed by atoms with van der Waals surface area (Å²) < 4.78 is 24.9. The number of carboxylic acids is 1. The molecule has 0 bridgehead atoms. The molecule has 0 spiro atoms. The number of aliphatic hydroxyl groups is 1. The number of aliphatic carboxylic acids is 1. The summed E-state index contributed by atoms with van der Waals surface area (Å²) in [5, 5.41) is 17.3. The smallest absolute Gasteiger partial charge is 0.332 e. The van der Waals surface area contributed by atoms with E-state index < -0.39 is 32.9 Å². The summed E-state index contributed by atoms with van der Waals surface area (Å²) in [7, 11) is -3.77. The fourth-order valence-electron chi connectivity index (χ4n) is 1.69. The summed E-state index contributed by atoms with van der Waals surface area (Å²) in [5.74, 6) is -3.59. The number of sulfonamides is 1. The molecule has 0 aromatic heterocycles. The number of carboxylic acid groups (broad SMARTS) is 1. The first kappa shape index (κ1) is 13.9. The fourth-order valence-corrected chi connectivity index (χ4v) is 3.52. The topological polar surface area (TPSA) is 112 Å². The van der Waals surface area contributed by atoms with Gasteiger partial charge in [-0.05, 0) is 31.6 Å². The van der Waals surface area contributed by atoms with Gasteiger partial charge in [0.25, 0.3) is 0 Å². The van der Waals surface area contributed by atoms with E-state index in [2.05, 4.69) is 0 Å². The molecule has 106 valence electrons. The van der Waals surface area contributed by atoms with Crippen molar-refractivity contribution in [1.82, 2.24) is 4.31 Å². The van der Waals surface area contributed by atoms with E-state index >= 15 is 0 Å². The van der Waals surface area contributed by atoms with Crippen LogP contribution < -0.4 is 0 Å². The van der Waals surface area contributed by atoms with Gasteiger partial charge in [0.2, 0.25) is 10.0 Å². The SMILES string of the molecule is O=C(O)C=C(O)C(=O)N(CC1CC1)S(=O)(=O)C1CC1. The van der Waals surface area contributed by atoms with Crippen molar-refractivity contribution in [3.05, 3.63) is 11.8 Å². The van der Waals surface area contributed by atoms with Gasteiger partial charge in [0.15, 0.2) is 5.76 Å². The van der Waals surface area contributed by atoms with Gasteiger partial charge in [0.05, 0.1) is 11.3 Å². The number of hydrogen-bond acceptors (Lipinski definition) is 5. The maximum Gasteiger partial charge on any atom is 0.332 e. The van der Waals surface area contributed by atoms with Crippen LogP contribution in [0.3, 0.4) is 0 Å². The maximum absolute atomic E-state index is 12.1. The third-order valence-electron chi connectivity index (χ3n) is 3.08. The summed E-state index contributed by atoms with van der Waals surface area (Å²) in [4.78, 5) is 22.3. The third kappa shape index (κ3) is 3.25. The van der Waals surface area contributed by atoms with Crippen LogP contribution in [0, 0.1) is 5.92 Å². The molecule has 19 heavy (non-hydrogen) atoms. The molecule has 0 unspecified atom stereocenters. The Morgan fingerprint density at radius 3 is 2.16 bits per heavy atom. The summed E-state index contributed by atoms with van der Waals surface area (Å²) in [6.45, 7) is 0.0230. The zero-order valence-corrected chi connectivity index (χ0v) is 11.0. The number of carbonyl (C=O) groups excluding carboxylic acids is 1. The molecule has 0 aliphatic heterocycles. The number of rotatable bonds is 6. The largest absolute Gasteiger partial charge is 0.503 e. The van der Waals surface area contributed by atoms with Gasteiger partial charge in [-0.25, -0.2) is 17.5 Å². The van der Waals surface area contributed by atoms with Gasteiger partial charge in [-0.2, -0.15) is 0 Å². The highest BCUT2D eigenvalue weighted by atomic mass is 32.2. The first-order valence-corrected chi connectivity index (χ1v) is 7.52. The lowest BCUT2D eigenvalue weighted by molar-refractivity contribution is -0.133. The molecular weight excluding hydrogens is 274 g/mol. The van der Waals surface area contributed by atoms with E-state index in [1.807, 2.05) is 0 Å². The quantitative estimate of drug-likeness (QED) is 0.535. The van der Waals surface area contributed by atoms with Crippen LogP contribution in [-0.4, -0.2) is 46.6 Å². The van der Waals surface area contributed by atoms with Crippen LogP contribution in [0.4, 0.5) is 0 Å². The van der Waals surface area contributed by atoms with Gasteiger partial charge in [-0.1, -0.05) is 0 Å². The molecule has 2 fully saturated rings. The lowest BCUT2D eigenvalue weighted by Gasteiger charge is -2.21. The number of nitrogens with zero attached hydrogens (tertiary/aromatic N) is 1. The fraction of sp³-hybridized carbons (Fsp3) is 0.636. The number of carbonyl (C=O) groups is 2. The molecule has 0 radical (unpaired) electrons. The van der Waals surface area contributed by atoms with Crippen molar-refractivity contribution in [2.24, 2.45) is 5.92 Å². The molecule has 0 aromatic rings. The molecule has 8 heteroatoms. The average Bonchev–Trinajstić information content (AvgIpc) is 3.15. The van der Waals surface area contributed by atoms with Gasteiger partial charge >= 0.3 is 11.9 Å². The van der Waals surface area contributed by atoms with Crippen molar-refractivity contribution >= 4 is 21.9 Å². The highest BCUT2D eigenvalue weighted by molar-refractivity contribution is 7.90. The van der Waals surface area contributed by atoms with Crippen LogP contribution in [0.15, 0.2) is 11.8 Å². The molecule has 0 saturated heterocycles. The highest BCUT2D eigenvalue weighted by Crippen LogP contribution is 2.36. The standard InChI is InChI=1S/C11H15NO6S/c13-9(5-10(14)15)11(16)12(6-7-1-2-7)19(17,18)8-3-4-8/h5,7-8,13H,1-4,6H2,(H,14,15). The van der Waals surface area contributed by atoms with Crippen LogP contribution in [-0.2, 0) is 19.6 Å². The van der Waals surface area contributed by atoms with E-state index in [-0.39, 0.29) is 12.5 Å². The minimum Gasteiger partial charge on any atom is -0.503 e. The van der Waals surface area contributed by atoms with Crippen LogP contribution >= 0.6 is 0 Å². The Morgan fingerprint density at radius 2 is 1.74 bits per heavy atom. The Morgan fingerprint density at radius 1 is 1.16 bits per heavy atom. The number of amides is 1. The monoisotopic (exact) mass is 289 g/mol. The molecule has 1 amide bonds. The third-order valence-corrected chi connectivity index (χ3v) is 5.32. The van der Waals surface area contributed by atoms with Crippen LogP contribution in [0.1, 0.15) is 25.7 Å². The summed E-state index contributed by atoms with van der Waals surface area (Å²) >= 11 is 0. The predicted molar refractivity (Wildman–Crippen MR) is 64.7 cm³/mol. The highest BCUT2D eigenvalue weighted by Gasteiger charge is 2.44.